The minimum atomic E-state index is -0.0715. The van der Waals surface area contributed by atoms with Crippen LogP contribution in [0.5, 0.6) is 0 Å². The number of nitrogens with zero attached hydrogens (tertiary/aromatic N) is 2. The summed E-state index contributed by atoms with van der Waals surface area (Å²) in [6.07, 6.45) is 0. The van der Waals surface area contributed by atoms with E-state index in [9.17, 15) is 0 Å². The van der Waals surface area contributed by atoms with Crippen LogP contribution in [0.3, 0.4) is 0 Å². The molecule has 0 saturated carbocycles. The van der Waals surface area contributed by atoms with Gasteiger partial charge in [0.1, 0.15) is 0 Å². The minimum absolute atomic E-state index is 0.0715. The van der Waals surface area contributed by atoms with Gasteiger partial charge in [0.25, 0.3) is 0 Å². The summed E-state index contributed by atoms with van der Waals surface area (Å²) in [5.74, 6) is 1.85. The lowest BCUT2D eigenvalue weighted by atomic mass is 10.1. The second kappa shape index (κ2) is 4.43. The summed E-state index contributed by atoms with van der Waals surface area (Å²) in [6, 6.07) is 0. The fraction of sp³-hybridized carbons (Fsp3) is 0.900. The molecule has 1 saturated heterocycles. The van der Waals surface area contributed by atoms with E-state index in [1.54, 1.807) is 0 Å². The van der Waals surface area contributed by atoms with Crippen molar-refractivity contribution in [2.45, 2.75) is 38.5 Å². The number of rotatable bonds is 0. The lowest BCUT2D eigenvalue weighted by molar-refractivity contribution is 0.420. The maximum atomic E-state index is 5.96. The molecule has 1 rings (SSSR count). The quantitative estimate of drug-likeness (QED) is 0.492. The molecule has 0 aromatic rings. The predicted octanol–water partition coefficient (Wildman–Crippen LogP) is 1.54. The summed E-state index contributed by atoms with van der Waals surface area (Å²) in [4.78, 5) is 6.67. The molecule has 1 heterocycles. The van der Waals surface area contributed by atoms with Gasteiger partial charge in [0.2, 0.25) is 0 Å². The Labute approximate surface area is 91.1 Å². The van der Waals surface area contributed by atoms with Gasteiger partial charge in [0, 0.05) is 24.1 Å². The number of hydrogen-bond acceptors (Lipinski definition) is 2. The highest BCUT2D eigenvalue weighted by molar-refractivity contribution is 7.99. The van der Waals surface area contributed by atoms with Crippen LogP contribution in [0.15, 0.2) is 4.99 Å². The first-order valence-electron chi connectivity index (χ1n) is 5.10. The number of nitrogens with two attached hydrogens (primary N) is 1. The Balaban J connectivity index is 2.59. The molecule has 14 heavy (non-hydrogen) atoms. The first-order valence-corrected chi connectivity index (χ1v) is 6.15. The molecule has 0 spiro atoms. The topological polar surface area (TPSA) is 41.6 Å². The Kier molecular flexibility index (Phi) is 3.70. The van der Waals surface area contributed by atoms with Crippen molar-refractivity contribution in [1.82, 2.24) is 4.90 Å². The van der Waals surface area contributed by atoms with Crippen LogP contribution in [0.25, 0.3) is 0 Å². The molecule has 0 aromatic carbocycles. The van der Waals surface area contributed by atoms with Crippen molar-refractivity contribution < 1.29 is 0 Å². The number of thioether (sulfide) groups is 1. The molecular formula is C10H21N3S. The molecule has 4 heteroatoms. The lowest BCUT2D eigenvalue weighted by Crippen LogP contribution is -2.46. The molecule has 0 amide bonds. The van der Waals surface area contributed by atoms with Crippen molar-refractivity contribution in [3.05, 3.63) is 0 Å². The SMILES string of the molecule is CC1CN(C(N)=NC(C)(C)C)CCS1. The highest BCUT2D eigenvalue weighted by Gasteiger charge is 2.19. The zero-order chi connectivity index (χ0) is 10.8. The highest BCUT2D eigenvalue weighted by Crippen LogP contribution is 2.18. The molecule has 0 radical (unpaired) electrons. The number of guanidine groups is 1. The third-order valence-electron chi connectivity index (χ3n) is 2.02. The monoisotopic (exact) mass is 215 g/mol. The van der Waals surface area contributed by atoms with Crippen LogP contribution in [0.2, 0.25) is 0 Å². The fourth-order valence-electron chi connectivity index (χ4n) is 1.44. The number of aliphatic imine (C=N–C) groups is 1. The van der Waals surface area contributed by atoms with Crippen LogP contribution in [0.4, 0.5) is 0 Å². The maximum absolute atomic E-state index is 5.96. The van der Waals surface area contributed by atoms with Gasteiger partial charge in [0.15, 0.2) is 5.96 Å². The molecule has 2 N–H and O–H groups in total. The summed E-state index contributed by atoms with van der Waals surface area (Å²) in [5.41, 5.74) is 5.89. The Hall–Kier alpha value is -0.380. The third-order valence-corrected chi connectivity index (χ3v) is 3.15. The predicted molar refractivity (Wildman–Crippen MR) is 64.9 cm³/mol. The molecule has 0 bridgehead atoms. The maximum Gasteiger partial charge on any atom is 0.191 e. The fourth-order valence-corrected chi connectivity index (χ4v) is 2.45. The zero-order valence-corrected chi connectivity index (χ0v) is 10.4. The minimum Gasteiger partial charge on any atom is -0.370 e. The highest BCUT2D eigenvalue weighted by atomic mass is 32.2. The molecule has 0 aliphatic carbocycles. The normalized spacial score (nSPS) is 25.3. The van der Waals surface area contributed by atoms with Crippen molar-refractivity contribution in [3.8, 4) is 0 Å². The summed E-state index contributed by atoms with van der Waals surface area (Å²) >= 11 is 2.00. The van der Waals surface area contributed by atoms with Crippen molar-refractivity contribution in [2.75, 3.05) is 18.8 Å². The van der Waals surface area contributed by atoms with Gasteiger partial charge in [-0.1, -0.05) is 6.92 Å². The van der Waals surface area contributed by atoms with Crippen LogP contribution in [-0.4, -0.2) is 40.5 Å². The van der Waals surface area contributed by atoms with Gasteiger partial charge >= 0.3 is 0 Å². The molecule has 1 aliphatic heterocycles. The Bertz CT molecular complexity index is 220. The van der Waals surface area contributed by atoms with Crippen molar-refractivity contribution in [2.24, 2.45) is 10.7 Å². The second-order valence-corrected chi connectivity index (χ2v) is 6.31. The van der Waals surface area contributed by atoms with Crippen LogP contribution in [0, 0.1) is 0 Å². The van der Waals surface area contributed by atoms with Gasteiger partial charge in [-0.25, -0.2) is 4.99 Å². The van der Waals surface area contributed by atoms with Crippen LogP contribution >= 0.6 is 11.8 Å². The van der Waals surface area contributed by atoms with E-state index >= 15 is 0 Å². The van der Waals surface area contributed by atoms with Gasteiger partial charge in [-0.3, -0.25) is 0 Å². The van der Waals surface area contributed by atoms with E-state index in [-0.39, 0.29) is 5.54 Å². The van der Waals surface area contributed by atoms with E-state index < -0.39 is 0 Å². The Morgan fingerprint density at radius 2 is 2.14 bits per heavy atom. The first-order chi connectivity index (χ1) is 6.38. The first kappa shape index (κ1) is 11.7. The van der Waals surface area contributed by atoms with E-state index in [1.807, 2.05) is 11.8 Å². The van der Waals surface area contributed by atoms with E-state index in [1.165, 1.54) is 0 Å². The second-order valence-electron chi connectivity index (χ2n) is 4.77. The molecule has 1 aliphatic rings. The summed E-state index contributed by atoms with van der Waals surface area (Å²) in [5, 5.41) is 0.664. The van der Waals surface area contributed by atoms with Crippen molar-refractivity contribution >= 4 is 17.7 Å². The van der Waals surface area contributed by atoms with Gasteiger partial charge in [-0.05, 0) is 20.8 Å². The standard InChI is InChI=1S/C10H21N3S/c1-8-7-13(5-6-14-8)9(11)12-10(2,3)4/h8H,5-7H2,1-4H3,(H2,11,12). The summed E-state index contributed by atoms with van der Waals surface area (Å²) < 4.78 is 0. The summed E-state index contributed by atoms with van der Waals surface area (Å²) in [6.45, 7) is 10.5. The van der Waals surface area contributed by atoms with Gasteiger partial charge < -0.3 is 10.6 Å². The lowest BCUT2D eigenvalue weighted by Gasteiger charge is -2.32. The Morgan fingerprint density at radius 1 is 1.50 bits per heavy atom. The molecule has 1 unspecified atom stereocenters. The Morgan fingerprint density at radius 3 is 2.64 bits per heavy atom. The van der Waals surface area contributed by atoms with Gasteiger partial charge in [-0.2, -0.15) is 11.8 Å². The number of hydrogen-bond donors (Lipinski definition) is 1. The molecule has 0 aromatic heterocycles. The van der Waals surface area contributed by atoms with Gasteiger partial charge in [0.05, 0.1) is 5.54 Å². The van der Waals surface area contributed by atoms with E-state index in [0.29, 0.717) is 11.2 Å². The average Bonchev–Trinajstić information content (AvgIpc) is 2.01. The molecule has 1 fully saturated rings. The van der Waals surface area contributed by atoms with Crippen LogP contribution in [0.1, 0.15) is 27.7 Å². The molecule has 82 valence electrons. The molecular weight excluding hydrogens is 194 g/mol. The third kappa shape index (κ3) is 3.78. The largest absolute Gasteiger partial charge is 0.370 e. The van der Waals surface area contributed by atoms with Crippen molar-refractivity contribution in [1.29, 1.82) is 0 Å². The smallest absolute Gasteiger partial charge is 0.191 e. The van der Waals surface area contributed by atoms with E-state index in [4.69, 9.17) is 5.73 Å². The van der Waals surface area contributed by atoms with Gasteiger partial charge in [-0.15, -0.1) is 0 Å². The van der Waals surface area contributed by atoms with Crippen LogP contribution < -0.4 is 5.73 Å². The average molecular weight is 215 g/mol. The van der Waals surface area contributed by atoms with E-state index in [0.717, 1.165) is 18.8 Å². The van der Waals surface area contributed by atoms with Crippen LogP contribution in [-0.2, 0) is 0 Å². The van der Waals surface area contributed by atoms with E-state index in [2.05, 4.69) is 37.6 Å². The molecule has 3 nitrogen and oxygen atoms in total. The van der Waals surface area contributed by atoms with Crippen molar-refractivity contribution in [3.63, 3.8) is 0 Å². The summed E-state index contributed by atoms with van der Waals surface area (Å²) in [7, 11) is 0. The molecule has 1 atom stereocenters. The zero-order valence-electron chi connectivity index (χ0n) is 9.58.